The second-order valence-corrected chi connectivity index (χ2v) is 8.59. The van der Waals surface area contributed by atoms with Gasteiger partial charge in [0.2, 0.25) is 5.91 Å². The van der Waals surface area contributed by atoms with E-state index >= 15 is 0 Å². The number of rotatable bonds is 10. The van der Waals surface area contributed by atoms with Crippen LogP contribution >= 0.6 is 11.6 Å². The van der Waals surface area contributed by atoms with E-state index in [1.807, 2.05) is 12.1 Å². The summed E-state index contributed by atoms with van der Waals surface area (Å²) < 4.78 is 11.4. The first kappa shape index (κ1) is 24.9. The Bertz CT molecular complexity index is 928. The summed E-state index contributed by atoms with van der Waals surface area (Å²) >= 11 is 6.40. The van der Waals surface area contributed by atoms with E-state index in [2.05, 4.69) is 27.7 Å². The third-order valence-corrected chi connectivity index (χ3v) is 5.90. The minimum atomic E-state index is -0.196. The highest BCUT2D eigenvalue weighted by atomic mass is 35.5. The predicted octanol–water partition coefficient (Wildman–Crippen LogP) is 3.65. The number of carbonyl (C=O) groups is 2. The van der Waals surface area contributed by atoms with Crippen LogP contribution in [0.5, 0.6) is 11.5 Å². The number of piperidine rings is 1. The maximum atomic E-state index is 12.3. The first-order chi connectivity index (χ1) is 15.9. The molecule has 2 aromatic carbocycles. The Morgan fingerprint density at radius 3 is 2.39 bits per heavy atom. The number of methoxy groups -OCH3 is 1. The Kier molecular flexibility index (Phi) is 9.39. The smallest absolute Gasteiger partial charge is 0.251 e. The fourth-order valence-corrected chi connectivity index (χ4v) is 3.97. The summed E-state index contributed by atoms with van der Waals surface area (Å²) in [6.45, 7) is 5.29. The van der Waals surface area contributed by atoms with Crippen molar-refractivity contribution in [3.63, 3.8) is 0 Å². The summed E-state index contributed by atoms with van der Waals surface area (Å²) in [4.78, 5) is 25.6. The van der Waals surface area contributed by atoms with E-state index in [-0.39, 0.29) is 17.9 Å². The maximum absolute atomic E-state index is 12.3. The number of benzene rings is 2. The molecule has 7 nitrogen and oxygen atoms in total. The fraction of sp³-hybridized carbons (Fsp3) is 0.440. The number of likely N-dealkylation sites (tertiary alicyclic amines) is 1. The van der Waals surface area contributed by atoms with E-state index in [9.17, 15) is 9.59 Å². The molecule has 0 atom stereocenters. The Morgan fingerprint density at radius 2 is 1.76 bits per heavy atom. The van der Waals surface area contributed by atoms with Gasteiger partial charge < -0.3 is 20.1 Å². The number of amides is 2. The van der Waals surface area contributed by atoms with Crippen molar-refractivity contribution in [2.45, 2.75) is 38.8 Å². The summed E-state index contributed by atoms with van der Waals surface area (Å²) in [6, 6.07) is 13.3. The molecule has 0 spiro atoms. The molecule has 0 aromatic heterocycles. The van der Waals surface area contributed by atoms with Crippen molar-refractivity contribution in [2.24, 2.45) is 0 Å². The molecule has 1 aliphatic rings. The molecule has 1 heterocycles. The van der Waals surface area contributed by atoms with E-state index in [0.717, 1.165) is 38.2 Å². The molecule has 0 radical (unpaired) electrons. The van der Waals surface area contributed by atoms with Gasteiger partial charge in [0.25, 0.3) is 5.91 Å². The van der Waals surface area contributed by atoms with Crippen LogP contribution < -0.4 is 20.1 Å². The van der Waals surface area contributed by atoms with Crippen LogP contribution in [-0.2, 0) is 11.3 Å². The number of nitrogens with one attached hydrogen (secondary N) is 2. The van der Waals surface area contributed by atoms with Crippen molar-refractivity contribution < 1.29 is 19.1 Å². The quantitative estimate of drug-likeness (QED) is 0.515. The van der Waals surface area contributed by atoms with Crippen molar-refractivity contribution in [3.05, 3.63) is 58.6 Å². The van der Waals surface area contributed by atoms with E-state index < -0.39 is 0 Å². The van der Waals surface area contributed by atoms with E-state index in [1.54, 1.807) is 25.3 Å². The Balaban J connectivity index is 1.42. The Labute approximate surface area is 200 Å². The van der Waals surface area contributed by atoms with Gasteiger partial charge in [-0.3, -0.25) is 14.5 Å². The lowest BCUT2D eigenvalue weighted by molar-refractivity contribution is -0.118. The second-order valence-electron chi connectivity index (χ2n) is 8.18. The lowest BCUT2D eigenvalue weighted by atomic mass is 10.1. The number of ether oxygens (including phenoxy) is 2. The molecule has 0 saturated carbocycles. The van der Waals surface area contributed by atoms with Gasteiger partial charge in [-0.05, 0) is 55.2 Å². The van der Waals surface area contributed by atoms with Crippen LogP contribution in [0, 0.1) is 0 Å². The molecule has 2 amide bonds. The van der Waals surface area contributed by atoms with Gasteiger partial charge in [-0.1, -0.05) is 23.7 Å². The van der Waals surface area contributed by atoms with Crippen LogP contribution in [0.15, 0.2) is 42.5 Å². The van der Waals surface area contributed by atoms with Gasteiger partial charge in [-0.25, -0.2) is 0 Å². The van der Waals surface area contributed by atoms with Crippen molar-refractivity contribution in [1.82, 2.24) is 15.5 Å². The monoisotopic (exact) mass is 473 g/mol. The number of halogens is 1. The van der Waals surface area contributed by atoms with Crippen molar-refractivity contribution in [3.8, 4) is 11.5 Å². The lowest BCUT2D eigenvalue weighted by Gasteiger charge is -2.32. The molecule has 1 fully saturated rings. The third kappa shape index (κ3) is 7.94. The van der Waals surface area contributed by atoms with Gasteiger partial charge in [0.1, 0.15) is 17.6 Å². The number of nitrogens with zero attached hydrogens (tertiary/aromatic N) is 1. The molecule has 8 heteroatoms. The molecule has 0 unspecified atom stereocenters. The number of hydrogen-bond donors (Lipinski definition) is 2. The van der Waals surface area contributed by atoms with Crippen molar-refractivity contribution in [2.75, 3.05) is 33.3 Å². The average molecular weight is 474 g/mol. The van der Waals surface area contributed by atoms with Crippen molar-refractivity contribution in [1.29, 1.82) is 0 Å². The molecule has 1 saturated heterocycles. The third-order valence-electron chi connectivity index (χ3n) is 5.60. The van der Waals surface area contributed by atoms with Crippen LogP contribution in [-0.4, -0.2) is 56.1 Å². The standard InChI is InChI=1S/C25H32ClN3O4/c1-18(30)27-12-3-13-28-25(31)20-6-9-24(23(26)16-20)33-22-10-14-29(15-11-22)17-19-4-7-21(32-2)8-5-19/h4-9,16,22H,3,10-15,17H2,1-2H3,(H,27,30)(H,28,31). The number of carbonyl (C=O) groups excluding carboxylic acids is 2. The minimum Gasteiger partial charge on any atom is -0.497 e. The highest BCUT2D eigenvalue weighted by molar-refractivity contribution is 6.32. The molecule has 33 heavy (non-hydrogen) atoms. The summed E-state index contributed by atoms with van der Waals surface area (Å²) in [5.74, 6) is 1.20. The molecule has 0 bridgehead atoms. The topological polar surface area (TPSA) is 79.9 Å². The van der Waals surface area contributed by atoms with Gasteiger partial charge in [-0.2, -0.15) is 0 Å². The van der Waals surface area contributed by atoms with Gasteiger partial charge in [0, 0.05) is 45.2 Å². The summed E-state index contributed by atoms with van der Waals surface area (Å²) in [5.41, 5.74) is 1.75. The average Bonchev–Trinajstić information content (AvgIpc) is 2.81. The SMILES string of the molecule is COc1ccc(CN2CCC(Oc3ccc(C(=O)NCCCNC(C)=O)cc3Cl)CC2)cc1. The highest BCUT2D eigenvalue weighted by Crippen LogP contribution is 2.29. The van der Waals surface area contributed by atoms with E-state index in [1.165, 1.54) is 12.5 Å². The highest BCUT2D eigenvalue weighted by Gasteiger charge is 2.22. The normalized spacial score (nSPS) is 14.5. The lowest BCUT2D eigenvalue weighted by Crippen LogP contribution is -2.37. The molecule has 2 aromatic rings. The first-order valence-electron chi connectivity index (χ1n) is 11.3. The fourth-order valence-electron chi connectivity index (χ4n) is 3.75. The molecular weight excluding hydrogens is 442 g/mol. The molecule has 178 valence electrons. The Hall–Kier alpha value is -2.77. The van der Waals surface area contributed by atoms with Crippen LogP contribution in [0.25, 0.3) is 0 Å². The zero-order valence-electron chi connectivity index (χ0n) is 19.2. The van der Waals surface area contributed by atoms with Crippen molar-refractivity contribution >= 4 is 23.4 Å². The predicted molar refractivity (Wildman–Crippen MR) is 129 cm³/mol. The number of hydrogen-bond acceptors (Lipinski definition) is 5. The van der Waals surface area contributed by atoms with Crippen LogP contribution in [0.3, 0.4) is 0 Å². The van der Waals surface area contributed by atoms with Gasteiger partial charge in [-0.15, -0.1) is 0 Å². The summed E-state index contributed by atoms with van der Waals surface area (Å²) in [7, 11) is 1.67. The maximum Gasteiger partial charge on any atom is 0.251 e. The zero-order valence-corrected chi connectivity index (χ0v) is 20.0. The largest absolute Gasteiger partial charge is 0.497 e. The van der Waals surface area contributed by atoms with Gasteiger partial charge in [0.15, 0.2) is 0 Å². The van der Waals surface area contributed by atoms with Crippen LogP contribution in [0.2, 0.25) is 5.02 Å². The first-order valence-corrected chi connectivity index (χ1v) is 11.7. The summed E-state index contributed by atoms with van der Waals surface area (Å²) in [5, 5.41) is 5.96. The van der Waals surface area contributed by atoms with E-state index in [0.29, 0.717) is 35.8 Å². The van der Waals surface area contributed by atoms with Gasteiger partial charge >= 0.3 is 0 Å². The molecule has 1 aliphatic heterocycles. The molecule has 3 rings (SSSR count). The van der Waals surface area contributed by atoms with Crippen LogP contribution in [0.4, 0.5) is 0 Å². The molecule has 2 N–H and O–H groups in total. The van der Waals surface area contributed by atoms with E-state index in [4.69, 9.17) is 21.1 Å². The Morgan fingerprint density at radius 1 is 1.06 bits per heavy atom. The second kappa shape index (κ2) is 12.5. The molecular formula is C25H32ClN3O4. The summed E-state index contributed by atoms with van der Waals surface area (Å²) in [6.07, 6.45) is 2.60. The minimum absolute atomic E-state index is 0.0772. The zero-order chi connectivity index (χ0) is 23.6. The van der Waals surface area contributed by atoms with Gasteiger partial charge in [0.05, 0.1) is 12.1 Å². The van der Waals surface area contributed by atoms with Crippen LogP contribution in [0.1, 0.15) is 42.1 Å². The molecule has 0 aliphatic carbocycles.